The number of nitrogens with zero attached hydrogens (tertiary/aromatic N) is 3. The summed E-state index contributed by atoms with van der Waals surface area (Å²) in [5.41, 5.74) is 4.82. The van der Waals surface area contributed by atoms with Crippen molar-refractivity contribution in [3.05, 3.63) is 53.3 Å². The molecule has 1 aromatic carbocycles. The molecular formula is C25H29N3O4. The number of methoxy groups -OCH3 is 1. The fourth-order valence-electron chi connectivity index (χ4n) is 6.30. The van der Waals surface area contributed by atoms with Gasteiger partial charge in [-0.15, -0.1) is 0 Å². The van der Waals surface area contributed by atoms with Gasteiger partial charge >= 0.3 is 0 Å². The summed E-state index contributed by atoms with van der Waals surface area (Å²) in [5, 5.41) is 28.3. The Hall–Kier alpha value is -3.09. The Morgan fingerprint density at radius 1 is 1.22 bits per heavy atom. The van der Waals surface area contributed by atoms with Crippen molar-refractivity contribution < 1.29 is 19.9 Å². The molecule has 0 bridgehead atoms. The summed E-state index contributed by atoms with van der Waals surface area (Å²) in [4.78, 5) is 9.79. The Labute approximate surface area is 187 Å². The Balaban J connectivity index is 1.52. The minimum atomic E-state index is -0.0720. The predicted molar refractivity (Wildman–Crippen MR) is 120 cm³/mol. The van der Waals surface area contributed by atoms with Crippen LogP contribution in [-0.4, -0.2) is 33.8 Å². The Bertz CT molecular complexity index is 1070. The number of aromatic nitrogens is 1. The van der Waals surface area contributed by atoms with Crippen LogP contribution in [0.5, 0.6) is 11.5 Å². The average Bonchev–Trinajstić information content (AvgIpc) is 3.16. The van der Waals surface area contributed by atoms with Gasteiger partial charge in [-0.25, -0.2) is 0 Å². The summed E-state index contributed by atoms with van der Waals surface area (Å²) < 4.78 is 5.43. The largest absolute Gasteiger partial charge is 0.504 e. The molecule has 1 aromatic heterocycles. The van der Waals surface area contributed by atoms with Crippen LogP contribution in [0.25, 0.3) is 0 Å². The molecule has 32 heavy (non-hydrogen) atoms. The first-order valence-corrected chi connectivity index (χ1v) is 11.3. The van der Waals surface area contributed by atoms with E-state index in [1.54, 1.807) is 25.6 Å². The van der Waals surface area contributed by atoms with E-state index in [1.807, 2.05) is 18.2 Å². The van der Waals surface area contributed by atoms with Gasteiger partial charge < -0.3 is 19.9 Å². The lowest BCUT2D eigenvalue weighted by molar-refractivity contribution is 0.103. The number of phenols is 1. The molecule has 2 aromatic rings. The van der Waals surface area contributed by atoms with Crippen LogP contribution in [0.1, 0.15) is 61.6 Å². The van der Waals surface area contributed by atoms with Crippen molar-refractivity contribution in [1.82, 2.24) is 4.98 Å². The highest BCUT2D eigenvalue weighted by Crippen LogP contribution is 2.60. The first-order valence-electron chi connectivity index (χ1n) is 11.3. The maximum absolute atomic E-state index is 10.5. The lowest BCUT2D eigenvalue weighted by Gasteiger charge is -2.48. The third-order valence-electron chi connectivity index (χ3n) is 7.94. The van der Waals surface area contributed by atoms with E-state index in [9.17, 15) is 10.3 Å². The van der Waals surface area contributed by atoms with Gasteiger partial charge in [0.25, 0.3) is 0 Å². The number of pyridine rings is 1. The van der Waals surface area contributed by atoms with Crippen LogP contribution in [0.2, 0.25) is 0 Å². The maximum Gasteiger partial charge on any atom is 0.160 e. The topological polar surface area (TPSA) is 96.5 Å². The fourth-order valence-corrected chi connectivity index (χ4v) is 6.30. The third-order valence-corrected chi connectivity index (χ3v) is 7.94. The Kier molecular flexibility index (Phi) is 5.27. The third kappa shape index (κ3) is 3.31. The molecule has 0 amide bonds. The van der Waals surface area contributed by atoms with Gasteiger partial charge in [0.1, 0.15) is 6.61 Å². The number of hydrogen-bond donors (Lipinski definition) is 2. The number of fused-ring (bicyclic) bond motifs is 5. The van der Waals surface area contributed by atoms with Gasteiger partial charge in [0, 0.05) is 23.4 Å². The predicted octanol–water partition coefficient (Wildman–Crippen LogP) is 4.86. The van der Waals surface area contributed by atoms with E-state index in [4.69, 9.17) is 9.57 Å². The molecule has 0 radical (unpaired) electrons. The van der Waals surface area contributed by atoms with E-state index in [0.717, 1.165) is 54.7 Å². The molecule has 7 heteroatoms. The first kappa shape index (κ1) is 20.8. The fraction of sp³-hybridized carbons (Fsp3) is 0.480. The second-order valence-electron chi connectivity index (χ2n) is 9.40. The van der Waals surface area contributed by atoms with Crippen molar-refractivity contribution in [2.24, 2.45) is 27.6 Å². The van der Waals surface area contributed by atoms with Crippen LogP contribution in [0, 0.1) is 17.3 Å². The molecule has 2 N–H and O–H groups in total. The lowest BCUT2D eigenvalue weighted by Crippen LogP contribution is -2.43. The van der Waals surface area contributed by atoms with E-state index in [0.29, 0.717) is 30.1 Å². The summed E-state index contributed by atoms with van der Waals surface area (Å²) in [6.45, 7) is 2.61. The highest BCUT2D eigenvalue weighted by Gasteiger charge is 2.54. The van der Waals surface area contributed by atoms with Crippen LogP contribution in [0.3, 0.4) is 0 Å². The van der Waals surface area contributed by atoms with Gasteiger partial charge in [-0.05, 0) is 85.3 Å². The van der Waals surface area contributed by atoms with E-state index in [-0.39, 0.29) is 11.2 Å². The van der Waals surface area contributed by atoms with E-state index in [1.165, 1.54) is 5.56 Å². The highest BCUT2D eigenvalue weighted by atomic mass is 16.6. The molecular weight excluding hydrogens is 406 g/mol. The quantitative estimate of drug-likeness (QED) is 0.528. The molecule has 1 heterocycles. The van der Waals surface area contributed by atoms with Crippen LogP contribution in [0.4, 0.5) is 0 Å². The number of oxime groups is 2. The molecule has 2 fully saturated rings. The zero-order valence-electron chi connectivity index (χ0n) is 18.5. The number of hydrogen-bond acceptors (Lipinski definition) is 7. The average molecular weight is 436 g/mol. The molecule has 2 saturated carbocycles. The van der Waals surface area contributed by atoms with Crippen LogP contribution >= 0.6 is 0 Å². The van der Waals surface area contributed by atoms with Gasteiger partial charge in [0.2, 0.25) is 0 Å². The summed E-state index contributed by atoms with van der Waals surface area (Å²) in [6, 6.07) is 7.55. The molecule has 0 aliphatic heterocycles. The minimum Gasteiger partial charge on any atom is -0.504 e. The normalized spacial score (nSPS) is 31.1. The molecule has 3 aliphatic rings. The second kappa shape index (κ2) is 8.11. The van der Waals surface area contributed by atoms with Gasteiger partial charge in [-0.3, -0.25) is 4.98 Å². The van der Waals surface area contributed by atoms with E-state index < -0.39 is 0 Å². The van der Waals surface area contributed by atoms with Crippen molar-refractivity contribution in [3.8, 4) is 11.5 Å². The molecule has 4 atom stereocenters. The second-order valence-corrected chi connectivity index (χ2v) is 9.40. The van der Waals surface area contributed by atoms with E-state index in [2.05, 4.69) is 22.2 Å². The van der Waals surface area contributed by atoms with Crippen LogP contribution < -0.4 is 4.74 Å². The first-order chi connectivity index (χ1) is 15.5. The molecule has 7 nitrogen and oxygen atoms in total. The summed E-state index contributed by atoms with van der Waals surface area (Å²) in [6.07, 6.45) is 8.11. The SMILES string of the molecule is COc1cc2c(cc1O)/C(=N/OCc1ccncc1)C[C@@H]1[C@@H]2CC[C@]2(C)/C(=N\O)CC[C@@H]12. The minimum absolute atomic E-state index is 0.0720. The van der Waals surface area contributed by atoms with Crippen molar-refractivity contribution >= 4 is 11.4 Å². The van der Waals surface area contributed by atoms with Crippen molar-refractivity contribution in [2.75, 3.05) is 7.11 Å². The van der Waals surface area contributed by atoms with Gasteiger partial charge in [-0.1, -0.05) is 17.2 Å². The number of rotatable bonds is 4. The molecule has 5 rings (SSSR count). The van der Waals surface area contributed by atoms with Gasteiger partial charge in [-0.2, -0.15) is 0 Å². The Morgan fingerprint density at radius 3 is 2.78 bits per heavy atom. The monoisotopic (exact) mass is 435 g/mol. The summed E-state index contributed by atoms with van der Waals surface area (Å²) >= 11 is 0. The molecule has 3 aliphatic carbocycles. The smallest absolute Gasteiger partial charge is 0.160 e. The molecule has 168 valence electrons. The Morgan fingerprint density at radius 2 is 2.03 bits per heavy atom. The highest BCUT2D eigenvalue weighted by molar-refractivity contribution is 6.04. The van der Waals surface area contributed by atoms with Crippen molar-refractivity contribution in [1.29, 1.82) is 0 Å². The summed E-state index contributed by atoms with van der Waals surface area (Å²) in [5.74, 6) is 1.75. The standard InChI is InChI=1S/C25H29N3O4/c1-25-8-5-16-17-13-23(31-2)22(29)12-19(17)21(28-32-14-15-6-9-26-10-7-15)11-18(16)20(25)3-4-24(25)27-30/h6-7,9-10,12-13,16,18,20,29-30H,3-5,8,11,14H2,1-2H3/b27-24-,28-21+/t16-,18-,20+,25+/m1/s1. The lowest BCUT2D eigenvalue weighted by atomic mass is 9.55. The van der Waals surface area contributed by atoms with Crippen LogP contribution in [0.15, 0.2) is 47.0 Å². The summed E-state index contributed by atoms with van der Waals surface area (Å²) in [7, 11) is 1.58. The maximum atomic E-state index is 10.5. The zero-order chi connectivity index (χ0) is 22.3. The number of benzene rings is 1. The van der Waals surface area contributed by atoms with Crippen molar-refractivity contribution in [3.63, 3.8) is 0 Å². The number of phenolic OH excluding ortho intramolecular Hbond substituents is 1. The van der Waals surface area contributed by atoms with Gasteiger partial charge in [0.05, 0.1) is 18.5 Å². The van der Waals surface area contributed by atoms with Crippen molar-refractivity contribution in [2.45, 2.75) is 51.6 Å². The number of ether oxygens (including phenoxy) is 1. The molecule has 0 unspecified atom stereocenters. The molecule has 0 saturated heterocycles. The molecule has 0 spiro atoms. The number of aromatic hydroxyl groups is 1. The zero-order valence-corrected chi connectivity index (χ0v) is 18.5. The van der Waals surface area contributed by atoms with Crippen LogP contribution in [-0.2, 0) is 11.4 Å². The van der Waals surface area contributed by atoms with E-state index >= 15 is 0 Å². The van der Waals surface area contributed by atoms with Gasteiger partial charge in [0.15, 0.2) is 11.5 Å².